The van der Waals surface area contributed by atoms with E-state index in [0.29, 0.717) is 24.7 Å². The van der Waals surface area contributed by atoms with Crippen molar-refractivity contribution in [3.8, 4) is 0 Å². The van der Waals surface area contributed by atoms with Crippen LogP contribution < -0.4 is 0 Å². The van der Waals surface area contributed by atoms with Gasteiger partial charge in [-0.15, -0.1) is 0 Å². The standard InChI is InChI=1S/C17H33F/c1-5-8-9-16(17(18,6-2)7-3)15-12-10-14(4)11-13-15/h14-16H,5-13H2,1-4H3/t14?,15?,16-/m0/s1. The summed E-state index contributed by atoms with van der Waals surface area (Å²) in [6.07, 6.45) is 10.1. The smallest absolute Gasteiger partial charge is 0.113 e. The Morgan fingerprint density at radius 1 is 1.06 bits per heavy atom. The summed E-state index contributed by atoms with van der Waals surface area (Å²) in [5.41, 5.74) is -0.902. The molecule has 0 amide bonds. The molecular weight excluding hydrogens is 223 g/mol. The fourth-order valence-corrected chi connectivity index (χ4v) is 3.80. The zero-order valence-corrected chi connectivity index (χ0v) is 13.0. The summed E-state index contributed by atoms with van der Waals surface area (Å²) in [6.45, 7) is 8.64. The third kappa shape index (κ3) is 3.96. The van der Waals surface area contributed by atoms with Crippen LogP contribution in [0.3, 0.4) is 0 Å². The number of halogens is 1. The van der Waals surface area contributed by atoms with Gasteiger partial charge in [0.15, 0.2) is 0 Å². The highest BCUT2D eigenvalue weighted by atomic mass is 19.1. The van der Waals surface area contributed by atoms with Crippen molar-refractivity contribution in [3.63, 3.8) is 0 Å². The van der Waals surface area contributed by atoms with Crippen molar-refractivity contribution in [1.29, 1.82) is 0 Å². The molecule has 0 spiro atoms. The van der Waals surface area contributed by atoms with Crippen LogP contribution in [0.15, 0.2) is 0 Å². The molecule has 0 radical (unpaired) electrons. The molecule has 1 aliphatic carbocycles. The van der Waals surface area contributed by atoms with E-state index in [-0.39, 0.29) is 0 Å². The first-order valence-corrected chi connectivity index (χ1v) is 8.26. The van der Waals surface area contributed by atoms with E-state index in [1.54, 1.807) is 0 Å². The molecule has 1 rings (SSSR count). The first-order valence-electron chi connectivity index (χ1n) is 8.26. The first kappa shape index (κ1) is 16.0. The highest BCUT2D eigenvalue weighted by Crippen LogP contribution is 2.44. The van der Waals surface area contributed by atoms with Crippen molar-refractivity contribution >= 4 is 0 Å². The van der Waals surface area contributed by atoms with Gasteiger partial charge in [0.2, 0.25) is 0 Å². The zero-order chi connectivity index (χ0) is 13.6. The topological polar surface area (TPSA) is 0 Å². The van der Waals surface area contributed by atoms with Crippen LogP contribution >= 0.6 is 0 Å². The van der Waals surface area contributed by atoms with E-state index < -0.39 is 5.67 Å². The second kappa shape index (κ2) is 7.50. The van der Waals surface area contributed by atoms with Gasteiger partial charge in [-0.2, -0.15) is 0 Å². The molecule has 1 heteroatoms. The van der Waals surface area contributed by atoms with E-state index in [4.69, 9.17) is 0 Å². The van der Waals surface area contributed by atoms with Crippen LogP contribution in [-0.2, 0) is 0 Å². The molecule has 0 unspecified atom stereocenters. The van der Waals surface area contributed by atoms with Gasteiger partial charge in [-0.3, -0.25) is 0 Å². The van der Waals surface area contributed by atoms with E-state index in [1.165, 1.54) is 38.5 Å². The zero-order valence-electron chi connectivity index (χ0n) is 13.0. The SMILES string of the molecule is CCCC[C@@H](C1CCC(C)CC1)C(F)(CC)CC. The maximum absolute atomic E-state index is 15.1. The van der Waals surface area contributed by atoms with Crippen molar-refractivity contribution in [1.82, 2.24) is 0 Å². The maximum Gasteiger partial charge on any atom is 0.113 e. The first-order chi connectivity index (χ1) is 8.57. The Labute approximate surface area is 114 Å². The molecule has 0 heterocycles. The number of alkyl halides is 1. The minimum absolute atomic E-state index is 0.319. The van der Waals surface area contributed by atoms with Crippen molar-refractivity contribution in [3.05, 3.63) is 0 Å². The predicted molar refractivity (Wildman–Crippen MR) is 78.6 cm³/mol. The van der Waals surface area contributed by atoms with Gasteiger partial charge < -0.3 is 0 Å². The molecular formula is C17H33F. The summed E-state index contributed by atoms with van der Waals surface area (Å²) >= 11 is 0. The monoisotopic (exact) mass is 256 g/mol. The molecule has 0 bridgehead atoms. The Kier molecular flexibility index (Phi) is 6.66. The lowest BCUT2D eigenvalue weighted by Gasteiger charge is -2.41. The second-order valence-electron chi connectivity index (χ2n) is 6.51. The normalized spacial score (nSPS) is 27.2. The van der Waals surface area contributed by atoms with E-state index in [1.807, 2.05) is 13.8 Å². The van der Waals surface area contributed by atoms with Gasteiger partial charge in [0.1, 0.15) is 5.67 Å². The van der Waals surface area contributed by atoms with Crippen molar-refractivity contribution in [2.45, 2.75) is 91.2 Å². The molecule has 108 valence electrons. The lowest BCUT2D eigenvalue weighted by atomic mass is 9.67. The third-order valence-corrected chi connectivity index (χ3v) is 5.34. The average molecular weight is 256 g/mol. The quantitative estimate of drug-likeness (QED) is 0.512. The molecule has 0 aromatic carbocycles. The maximum atomic E-state index is 15.1. The number of unbranched alkanes of at least 4 members (excludes halogenated alkanes) is 1. The fourth-order valence-electron chi connectivity index (χ4n) is 3.80. The summed E-state index contributed by atoms with van der Waals surface area (Å²) in [6, 6.07) is 0. The van der Waals surface area contributed by atoms with Gasteiger partial charge >= 0.3 is 0 Å². The summed E-state index contributed by atoms with van der Waals surface area (Å²) in [7, 11) is 0. The summed E-state index contributed by atoms with van der Waals surface area (Å²) < 4.78 is 15.1. The van der Waals surface area contributed by atoms with Crippen molar-refractivity contribution in [2.75, 3.05) is 0 Å². The molecule has 18 heavy (non-hydrogen) atoms. The predicted octanol–water partition coefficient (Wildman–Crippen LogP) is 6.15. The van der Waals surface area contributed by atoms with Gasteiger partial charge in [0.25, 0.3) is 0 Å². The Hall–Kier alpha value is -0.0700. The number of hydrogen-bond acceptors (Lipinski definition) is 0. The van der Waals surface area contributed by atoms with E-state index in [2.05, 4.69) is 13.8 Å². The molecule has 0 aromatic rings. The van der Waals surface area contributed by atoms with Gasteiger partial charge in [-0.25, -0.2) is 4.39 Å². The minimum atomic E-state index is -0.902. The van der Waals surface area contributed by atoms with E-state index in [9.17, 15) is 0 Å². The third-order valence-electron chi connectivity index (χ3n) is 5.34. The van der Waals surface area contributed by atoms with Crippen LogP contribution in [0.4, 0.5) is 4.39 Å². The molecule has 1 aliphatic rings. The van der Waals surface area contributed by atoms with Gasteiger partial charge in [-0.1, -0.05) is 53.4 Å². The van der Waals surface area contributed by atoms with Gasteiger partial charge in [0, 0.05) is 0 Å². The highest BCUT2D eigenvalue weighted by molar-refractivity contribution is 4.90. The van der Waals surface area contributed by atoms with Crippen LogP contribution in [0.25, 0.3) is 0 Å². The average Bonchev–Trinajstić information content (AvgIpc) is 2.40. The van der Waals surface area contributed by atoms with Crippen LogP contribution in [0, 0.1) is 17.8 Å². The molecule has 0 nitrogen and oxygen atoms in total. The van der Waals surface area contributed by atoms with E-state index in [0.717, 1.165) is 12.3 Å². The molecule has 1 atom stereocenters. The number of rotatable bonds is 7. The van der Waals surface area contributed by atoms with Crippen LogP contribution in [-0.4, -0.2) is 5.67 Å². The summed E-state index contributed by atoms with van der Waals surface area (Å²) in [4.78, 5) is 0. The fraction of sp³-hybridized carbons (Fsp3) is 1.00. The van der Waals surface area contributed by atoms with Crippen LogP contribution in [0.1, 0.15) is 85.5 Å². The van der Waals surface area contributed by atoms with Crippen molar-refractivity contribution in [2.24, 2.45) is 17.8 Å². The van der Waals surface area contributed by atoms with Gasteiger partial charge in [0.05, 0.1) is 0 Å². The number of hydrogen-bond donors (Lipinski definition) is 0. The molecule has 1 fully saturated rings. The minimum Gasteiger partial charge on any atom is -0.244 e. The lowest BCUT2D eigenvalue weighted by Crippen LogP contribution is -2.38. The Morgan fingerprint density at radius 2 is 1.61 bits per heavy atom. The molecule has 0 N–H and O–H groups in total. The molecule has 0 aromatic heterocycles. The summed E-state index contributed by atoms with van der Waals surface area (Å²) in [5.74, 6) is 1.84. The molecule has 0 saturated heterocycles. The Bertz CT molecular complexity index is 212. The largest absolute Gasteiger partial charge is 0.244 e. The van der Waals surface area contributed by atoms with Crippen LogP contribution in [0.2, 0.25) is 0 Å². The molecule has 1 saturated carbocycles. The summed E-state index contributed by atoms with van der Waals surface area (Å²) in [5, 5.41) is 0. The van der Waals surface area contributed by atoms with Gasteiger partial charge in [-0.05, 0) is 49.9 Å². The second-order valence-corrected chi connectivity index (χ2v) is 6.51. The highest BCUT2D eigenvalue weighted by Gasteiger charge is 2.40. The Morgan fingerprint density at radius 3 is 2.06 bits per heavy atom. The van der Waals surface area contributed by atoms with Crippen molar-refractivity contribution < 1.29 is 4.39 Å². The Balaban J connectivity index is 2.70. The van der Waals surface area contributed by atoms with E-state index >= 15 is 4.39 Å². The van der Waals surface area contributed by atoms with Crippen LogP contribution in [0.5, 0.6) is 0 Å². The lowest BCUT2D eigenvalue weighted by molar-refractivity contribution is 0.0112. The molecule has 0 aliphatic heterocycles.